The largest absolute Gasteiger partial charge is 0.497 e. The molecule has 0 aliphatic heterocycles. The maximum atomic E-state index is 12.6. The molecule has 31 heavy (non-hydrogen) atoms. The number of aromatic nitrogens is 3. The first-order chi connectivity index (χ1) is 15.2. The summed E-state index contributed by atoms with van der Waals surface area (Å²) in [5.41, 5.74) is 1.44. The minimum absolute atomic E-state index is 0.137. The van der Waals surface area contributed by atoms with Crippen molar-refractivity contribution in [1.29, 1.82) is 0 Å². The van der Waals surface area contributed by atoms with E-state index in [2.05, 4.69) is 15.5 Å². The standard InChI is InChI=1S/C22H20N4O4S/c1-28-16-10-11-17(19(13-16)29-2)23-20(27)14-31-22-25-24-21(18-9-6-12-30-18)26(22)15-7-4-3-5-8-15/h3-13H,14H2,1-2H3,(H,23,27). The molecule has 0 aliphatic rings. The maximum Gasteiger partial charge on any atom is 0.234 e. The molecule has 0 unspecified atom stereocenters. The molecular weight excluding hydrogens is 416 g/mol. The summed E-state index contributed by atoms with van der Waals surface area (Å²) in [4.78, 5) is 12.6. The summed E-state index contributed by atoms with van der Waals surface area (Å²) < 4.78 is 17.9. The van der Waals surface area contributed by atoms with Crippen molar-refractivity contribution in [3.63, 3.8) is 0 Å². The monoisotopic (exact) mass is 436 g/mol. The van der Waals surface area contributed by atoms with Gasteiger partial charge in [-0.15, -0.1) is 10.2 Å². The van der Waals surface area contributed by atoms with E-state index in [-0.39, 0.29) is 11.7 Å². The lowest BCUT2D eigenvalue weighted by Crippen LogP contribution is -2.15. The summed E-state index contributed by atoms with van der Waals surface area (Å²) in [6.07, 6.45) is 1.59. The molecule has 0 aliphatic carbocycles. The molecule has 2 aromatic heterocycles. The van der Waals surface area contributed by atoms with Gasteiger partial charge in [-0.25, -0.2) is 0 Å². The highest BCUT2D eigenvalue weighted by atomic mass is 32.2. The van der Waals surface area contributed by atoms with Crippen LogP contribution >= 0.6 is 11.8 Å². The van der Waals surface area contributed by atoms with E-state index >= 15 is 0 Å². The highest BCUT2D eigenvalue weighted by Crippen LogP contribution is 2.30. The number of carbonyl (C=O) groups excluding carboxylic acids is 1. The fraction of sp³-hybridized carbons (Fsp3) is 0.136. The van der Waals surface area contributed by atoms with Gasteiger partial charge in [0.05, 0.1) is 31.9 Å². The van der Waals surface area contributed by atoms with Crippen LogP contribution < -0.4 is 14.8 Å². The molecule has 158 valence electrons. The van der Waals surface area contributed by atoms with Crippen molar-refractivity contribution in [3.05, 3.63) is 66.9 Å². The molecule has 4 rings (SSSR count). The van der Waals surface area contributed by atoms with Gasteiger partial charge >= 0.3 is 0 Å². The average molecular weight is 436 g/mol. The van der Waals surface area contributed by atoms with E-state index < -0.39 is 0 Å². The minimum atomic E-state index is -0.198. The molecule has 0 atom stereocenters. The van der Waals surface area contributed by atoms with Crippen LogP contribution in [0.4, 0.5) is 5.69 Å². The third kappa shape index (κ3) is 4.56. The number of nitrogens with one attached hydrogen (secondary N) is 1. The SMILES string of the molecule is COc1ccc(NC(=O)CSc2nnc(-c3ccco3)n2-c2ccccc2)c(OC)c1. The number of para-hydroxylation sites is 1. The van der Waals surface area contributed by atoms with Crippen molar-refractivity contribution in [1.82, 2.24) is 14.8 Å². The molecular formula is C22H20N4O4S. The lowest BCUT2D eigenvalue weighted by molar-refractivity contribution is -0.113. The number of hydrogen-bond acceptors (Lipinski definition) is 7. The van der Waals surface area contributed by atoms with Crippen LogP contribution in [-0.2, 0) is 4.79 Å². The summed E-state index contributed by atoms with van der Waals surface area (Å²) in [5, 5.41) is 12.0. The Labute approximate surface area is 183 Å². The zero-order valence-electron chi connectivity index (χ0n) is 16.9. The Hall–Kier alpha value is -3.72. The van der Waals surface area contributed by atoms with Gasteiger partial charge in [0.2, 0.25) is 11.7 Å². The van der Waals surface area contributed by atoms with Crippen LogP contribution in [0, 0.1) is 0 Å². The lowest BCUT2D eigenvalue weighted by Gasteiger charge is -2.12. The maximum absolute atomic E-state index is 12.6. The number of anilines is 1. The van der Waals surface area contributed by atoms with E-state index in [1.807, 2.05) is 41.0 Å². The van der Waals surface area contributed by atoms with Crippen molar-refractivity contribution < 1.29 is 18.7 Å². The van der Waals surface area contributed by atoms with Crippen LogP contribution in [0.2, 0.25) is 0 Å². The molecule has 0 fully saturated rings. The fourth-order valence-electron chi connectivity index (χ4n) is 2.96. The zero-order valence-corrected chi connectivity index (χ0v) is 17.8. The second kappa shape index (κ2) is 9.40. The topological polar surface area (TPSA) is 91.4 Å². The molecule has 4 aromatic rings. The van der Waals surface area contributed by atoms with E-state index in [9.17, 15) is 4.79 Å². The number of ether oxygens (including phenoxy) is 2. The molecule has 2 heterocycles. The molecule has 0 spiro atoms. The molecule has 0 radical (unpaired) electrons. The second-order valence-electron chi connectivity index (χ2n) is 6.36. The number of thioether (sulfide) groups is 1. The second-order valence-corrected chi connectivity index (χ2v) is 7.30. The van der Waals surface area contributed by atoms with Gasteiger partial charge in [-0.05, 0) is 36.4 Å². The summed E-state index contributed by atoms with van der Waals surface area (Å²) in [6, 6.07) is 18.5. The van der Waals surface area contributed by atoms with Crippen molar-refractivity contribution in [3.8, 4) is 28.8 Å². The molecule has 8 nitrogen and oxygen atoms in total. The Bertz CT molecular complexity index is 1160. The van der Waals surface area contributed by atoms with Crippen LogP contribution in [0.15, 0.2) is 76.5 Å². The number of amides is 1. The summed E-state index contributed by atoms with van der Waals surface area (Å²) in [5.74, 6) is 2.26. The molecule has 0 saturated carbocycles. The van der Waals surface area contributed by atoms with Crippen LogP contribution in [0.5, 0.6) is 11.5 Å². The molecule has 2 aromatic carbocycles. The van der Waals surface area contributed by atoms with Crippen molar-refractivity contribution in [2.75, 3.05) is 25.3 Å². The summed E-state index contributed by atoms with van der Waals surface area (Å²) >= 11 is 1.28. The predicted molar refractivity (Wildman–Crippen MR) is 118 cm³/mol. The number of nitrogens with zero attached hydrogens (tertiary/aromatic N) is 3. The number of furan rings is 1. The smallest absolute Gasteiger partial charge is 0.234 e. The third-order valence-corrected chi connectivity index (χ3v) is 5.33. The van der Waals surface area contributed by atoms with Gasteiger partial charge in [0.1, 0.15) is 11.5 Å². The first kappa shape index (κ1) is 20.5. The van der Waals surface area contributed by atoms with Gasteiger partial charge in [0, 0.05) is 11.8 Å². The van der Waals surface area contributed by atoms with Gasteiger partial charge in [-0.3, -0.25) is 9.36 Å². The molecule has 0 bridgehead atoms. The summed E-state index contributed by atoms with van der Waals surface area (Å²) in [6.45, 7) is 0. The fourth-order valence-corrected chi connectivity index (χ4v) is 3.71. The Morgan fingerprint density at radius 2 is 1.90 bits per heavy atom. The van der Waals surface area contributed by atoms with Gasteiger partial charge < -0.3 is 19.2 Å². The van der Waals surface area contributed by atoms with Crippen LogP contribution in [0.1, 0.15) is 0 Å². The van der Waals surface area contributed by atoms with Gasteiger partial charge in [-0.1, -0.05) is 30.0 Å². The molecule has 1 amide bonds. The first-order valence-electron chi connectivity index (χ1n) is 9.39. The van der Waals surface area contributed by atoms with Crippen molar-refractivity contribution in [2.24, 2.45) is 0 Å². The Kier molecular flexibility index (Phi) is 6.23. The van der Waals surface area contributed by atoms with Crippen molar-refractivity contribution >= 4 is 23.4 Å². The van der Waals surface area contributed by atoms with E-state index in [0.29, 0.717) is 33.9 Å². The van der Waals surface area contributed by atoms with E-state index in [0.717, 1.165) is 5.69 Å². The number of rotatable bonds is 8. The highest BCUT2D eigenvalue weighted by molar-refractivity contribution is 7.99. The Morgan fingerprint density at radius 3 is 2.61 bits per heavy atom. The van der Waals surface area contributed by atoms with Gasteiger partial charge in [0.25, 0.3) is 0 Å². The van der Waals surface area contributed by atoms with Gasteiger partial charge in [-0.2, -0.15) is 0 Å². The Morgan fingerprint density at radius 1 is 1.06 bits per heavy atom. The predicted octanol–water partition coefficient (Wildman–Crippen LogP) is 4.28. The normalized spacial score (nSPS) is 10.6. The number of benzene rings is 2. The van der Waals surface area contributed by atoms with E-state index in [1.54, 1.807) is 37.6 Å². The number of hydrogen-bond donors (Lipinski definition) is 1. The van der Waals surface area contributed by atoms with Crippen LogP contribution in [-0.4, -0.2) is 40.6 Å². The summed E-state index contributed by atoms with van der Waals surface area (Å²) in [7, 11) is 3.11. The average Bonchev–Trinajstić information content (AvgIpc) is 3.48. The quantitative estimate of drug-likeness (QED) is 0.412. The van der Waals surface area contributed by atoms with Crippen molar-refractivity contribution in [2.45, 2.75) is 5.16 Å². The number of carbonyl (C=O) groups is 1. The first-order valence-corrected chi connectivity index (χ1v) is 10.4. The molecule has 9 heteroatoms. The highest BCUT2D eigenvalue weighted by Gasteiger charge is 2.19. The number of methoxy groups -OCH3 is 2. The van der Waals surface area contributed by atoms with Crippen LogP contribution in [0.3, 0.4) is 0 Å². The zero-order chi connectivity index (χ0) is 21.6. The molecule has 1 N–H and O–H groups in total. The van der Waals surface area contributed by atoms with E-state index in [1.165, 1.54) is 18.9 Å². The minimum Gasteiger partial charge on any atom is -0.497 e. The molecule has 0 saturated heterocycles. The Balaban J connectivity index is 1.53. The lowest BCUT2D eigenvalue weighted by atomic mass is 10.2. The van der Waals surface area contributed by atoms with Crippen LogP contribution in [0.25, 0.3) is 17.3 Å². The third-order valence-electron chi connectivity index (χ3n) is 4.40. The van der Waals surface area contributed by atoms with Gasteiger partial charge in [0.15, 0.2) is 10.9 Å². The van der Waals surface area contributed by atoms with E-state index in [4.69, 9.17) is 13.9 Å².